The van der Waals surface area contributed by atoms with Gasteiger partial charge < -0.3 is 5.32 Å². The van der Waals surface area contributed by atoms with E-state index >= 15 is 0 Å². The molecule has 0 saturated heterocycles. The maximum Gasteiger partial charge on any atom is 0.221 e. The summed E-state index contributed by atoms with van der Waals surface area (Å²) in [7, 11) is 0. The largest absolute Gasteiger partial charge is 0.353 e. The summed E-state index contributed by atoms with van der Waals surface area (Å²) in [6, 6.07) is 4.42. The first-order valence-electron chi connectivity index (χ1n) is 6.85. The number of hydrogen-bond acceptors (Lipinski definition) is 3. The van der Waals surface area contributed by atoms with E-state index in [9.17, 15) is 4.79 Å². The number of carbonyl (C=O) groups excluding carboxylic acids is 1. The molecule has 5 heteroatoms. The Balaban J connectivity index is 1.56. The molecule has 1 saturated carbocycles. The van der Waals surface area contributed by atoms with Crippen LogP contribution in [-0.4, -0.2) is 17.7 Å². The van der Waals surface area contributed by atoms with Gasteiger partial charge in [-0.2, -0.15) is 11.8 Å². The summed E-state index contributed by atoms with van der Waals surface area (Å²) < 4.78 is 0.839. The molecule has 0 unspecified atom stereocenters. The molecule has 0 aromatic carbocycles. The highest BCUT2D eigenvalue weighted by Gasteiger charge is 2.15. The molecule has 1 heterocycles. The normalized spacial score (nSPS) is 16.5. The lowest BCUT2D eigenvalue weighted by atomic mass is 9.95. The van der Waals surface area contributed by atoms with E-state index in [2.05, 4.69) is 11.4 Å². The fraction of sp³-hybridized carbons (Fsp3) is 0.643. The standard InChI is InChI=1S/C14H20ClNOS2/c15-13-7-6-12(19-13)10-18-9-8-14(17)16-11-4-2-1-3-5-11/h6-7,11H,1-5,8-10H2,(H,16,17). The van der Waals surface area contributed by atoms with Gasteiger partial charge >= 0.3 is 0 Å². The highest BCUT2D eigenvalue weighted by Crippen LogP contribution is 2.25. The Labute approximate surface area is 128 Å². The molecule has 1 aromatic heterocycles. The van der Waals surface area contributed by atoms with E-state index in [1.54, 1.807) is 23.1 Å². The molecule has 0 atom stereocenters. The van der Waals surface area contributed by atoms with Crippen LogP contribution in [0, 0.1) is 0 Å². The molecule has 2 nitrogen and oxygen atoms in total. The molecule has 106 valence electrons. The van der Waals surface area contributed by atoms with Gasteiger partial charge in [0.05, 0.1) is 4.34 Å². The number of thiophene rings is 1. The van der Waals surface area contributed by atoms with Crippen molar-refractivity contribution in [1.29, 1.82) is 0 Å². The van der Waals surface area contributed by atoms with Crippen LogP contribution in [0.2, 0.25) is 4.34 Å². The zero-order valence-corrected chi connectivity index (χ0v) is 13.4. The van der Waals surface area contributed by atoms with E-state index < -0.39 is 0 Å². The van der Waals surface area contributed by atoms with Crippen molar-refractivity contribution in [2.45, 2.75) is 50.3 Å². The molecule has 0 aliphatic heterocycles. The van der Waals surface area contributed by atoms with Crippen LogP contribution in [0.25, 0.3) is 0 Å². The van der Waals surface area contributed by atoms with Gasteiger partial charge in [0.25, 0.3) is 0 Å². The summed E-state index contributed by atoms with van der Waals surface area (Å²) in [5.41, 5.74) is 0. The summed E-state index contributed by atoms with van der Waals surface area (Å²) in [6.07, 6.45) is 6.79. The molecule has 0 bridgehead atoms. The first-order chi connectivity index (χ1) is 9.24. The topological polar surface area (TPSA) is 29.1 Å². The summed E-state index contributed by atoms with van der Waals surface area (Å²) in [5, 5.41) is 3.15. The zero-order valence-electron chi connectivity index (χ0n) is 11.0. The minimum absolute atomic E-state index is 0.212. The zero-order chi connectivity index (χ0) is 13.5. The molecule has 1 N–H and O–H groups in total. The maximum absolute atomic E-state index is 11.8. The Morgan fingerprint density at radius 3 is 2.84 bits per heavy atom. The van der Waals surface area contributed by atoms with Crippen molar-refractivity contribution in [3.63, 3.8) is 0 Å². The second-order valence-electron chi connectivity index (χ2n) is 4.91. The summed E-state index contributed by atoms with van der Waals surface area (Å²) in [4.78, 5) is 13.1. The molecular formula is C14H20ClNOS2. The van der Waals surface area contributed by atoms with Gasteiger partial charge in [0.1, 0.15) is 0 Å². The van der Waals surface area contributed by atoms with Crippen molar-refractivity contribution in [1.82, 2.24) is 5.32 Å². The van der Waals surface area contributed by atoms with Gasteiger partial charge in [0, 0.05) is 28.8 Å². The number of halogens is 1. The van der Waals surface area contributed by atoms with Crippen LogP contribution in [0.5, 0.6) is 0 Å². The summed E-state index contributed by atoms with van der Waals surface area (Å²) >= 11 is 9.30. The van der Waals surface area contributed by atoms with Gasteiger partial charge in [-0.05, 0) is 25.0 Å². The van der Waals surface area contributed by atoms with Crippen LogP contribution < -0.4 is 5.32 Å². The van der Waals surface area contributed by atoms with Gasteiger partial charge in [-0.15, -0.1) is 11.3 Å². The van der Waals surface area contributed by atoms with Crippen LogP contribution in [0.4, 0.5) is 0 Å². The number of thioether (sulfide) groups is 1. The quantitative estimate of drug-likeness (QED) is 0.784. The lowest BCUT2D eigenvalue weighted by Gasteiger charge is -2.22. The van der Waals surface area contributed by atoms with Crippen molar-refractivity contribution < 1.29 is 4.79 Å². The minimum Gasteiger partial charge on any atom is -0.353 e. The Morgan fingerprint density at radius 1 is 1.37 bits per heavy atom. The first kappa shape index (κ1) is 15.2. The highest BCUT2D eigenvalue weighted by atomic mass is 35.5. The Kier molecular flexibility index (Phi) is 6.54. The number of hydrogen-bond donors (Lipinski definition) is 1. The number of amides is 1. The Hall–Kier alpha value is -0.190. The lowest BCUT2D eigenvalue weighted by molar-refractivity contribution is -0.121. The molecular weight excluding hydrogens is 298 g/mol. The van der Waals surface area contributed by atoms with E-state index in [4.69, 9.17) is 11.6 Å². The van der Waals surface area contributed by atoms with Gasteiger partial charge in [0.2, 0.25) is 5.91 Å². The second-order valence-corrected chi connectivity index (χ2v) is 7.82. The third-order valence-electron chi connectivity index (χ3n) is 3.32. The maximum atomic E-state index is 11.8. The predicted molar refractivity (Wildman–Crippen MR) is 85.1 cm³/mol. The molecule has 1 amide bonds. The molecule has 19 heavy (non-hydrogen) atoms. The van der Waals surface area contributed by atoms with Crippen molar-refractivity contribution in [2.24, 2.45) is 0 Å². The number of rotatable bonds is 6. The fourth-order valence-corrected chi connectivity index (χ4v) is 4.45. The Bertz CT molecular complexity index is 402. The monoisotopic (exact) mass is 317 g/mol. The third-order valence-corrected chi connectivity index (χ3v) is 5.74. The molecule has 2 rings (SSSR count). The molecule has 1 fully saturated rings. The van der Waals surface area contributed by atoms with E-state index in [1.165, 1.54) is 24.1 Å². The smallest absolute Gasteiger partial charge is 0.221 e. The average Bonchev–Trinajstić information content (AvgIpc) is 2.82. The van der Waals surface area contributed by atoms with Crippen LogP contribution in [0.1, 0.15) is 43.4 Å². The first-order valence-corrected chi connectivity index (χ1v) is 9.20. The molecule has 0 radical (unpaired) electrons. The molecule has 1 aliphatic rings. The number of nitrogens with one attached hydrogen (secondary N) is 1. The molecule has 1 aliphatic carbocycles. The third kappa shape index (κ3) is 5.76. The van der Waals surface area contributed by atoms with Gasteiger partial charge in [-0.25, -0.2) is 0 Å². The van der Waals surface area contributed by atoms with Gasteiger partial charge in [-0.3, -0.25) is 4.79 Å². The lowest BCUT2D eigenvalue weighted by Crippen LogP contribution is -2.36. The fourth-order valence-electron chi connectivity index (χ4n) is 2.31. The van der Waals surface area contributed by atoms with Crippen LogP contribution in [0.15, 0.2) is 12.1 Å². The highest BCUT2D eigenvalue weighted by molar-refractivity contribution is 7.98. The van der Waals surface area contributed by atoms with Crippen LogP contribution in [-0.2, 0) is 10.5 Å². The van der Waals surface area contributed by atoms with Gasteiger partial charge in [0.15, 0.2) is 0 Å². The molecule has 0 spiro atoms. The summed E-state index contributed by atoms with van der Waals surface area (Å²) in [6.45, 7) is 0. The molecule has 1 aromatic rings. The van der Waals surface area contributed by atoms with Crippen molar-refractivity contribution in [3.8, 4) is 0 Å². The summed E-state index contributed by atoms with van der Waals surface area (Å²) in [5.74, 6) is 2.05. The number of carbonyl (C=O) groups is 1. The van der Waals surface area contributed by atoms with Gasteiger partial charge in [-0.1, -0.05) is 30.9 Å². The van der Waals surface area contributed by atoms with Crippen molar-refractivity contribution >= 4 is 40.6 Å². The van der Waals surface area contributed by atoms with Crippen LogP contribution in [0.3, 0.4) is 0 Å². The van der Waals surface area contributed by atoms with E-state index in [0.717, 1.165) is 28.7 Å². The SMILES string of the molecule is O=C(CCSCc1ccc(Cl)s1)NC1CCCCC1. The predicted octanol–water partition coefficient (Wildman–Crippen LogP) is 4.47. The Morgan fingerprint density at radius 2 is 2.16 bits per heavy atom. The van der Waals surface area contributed by atoms with E-state index in [1.807, 2.05) is 6.07 Å². The van der Waals surface area contributed by atoms with E-state index in [-0.39, 0.29) is 5.91 Å². The minimum atomic E-state index is 0.212. The average molecular weight is 318 g/mol. The van der Waals surface area contributed by atoms with E-state index in [0.29, 0.717) is 12.5 Å². The van der Waals surface area contributed by atoms with Crippen molar-refractivity contribution in [3.05, 3.63) is 21.3 Å². The van der Waals surface area contributed by atoms with Crippen LogP contribution >= 0.6 is 34.7 Å². The second kappa shape index (κ2) is 8.18. The van der Waals surface area contributed by atoms with Crippen molar-refractivity contribution in [2.75, 3.05) is 5.75 Å².